The van der Waals surface area contributed by atoms with Crippen LogP contribution >= 0.6 is 11.6 Å². The van der Waals surface area contributed by atoms with Gasteiger partial charge in [-0.25, -0.2) is 9.78 Å². The summed E-state index contributed by atoms with van der Waals surface area (Å²) in [5.41, 5.74) is 0.0552. The zero-order valence-electron chi connectivity index (χ0n) is 13.5. The first-order valence-electron chi connectivity index (χ1n) is 7.52. The molecule has 0 radical (unpaired) electrons. The summed E-state index contributed by atoms with van der Waals surface area (Å²) in [4.78, 5) is 15.1. The number of hydrogen-bond acceptors (Lipinski definition) is 3. The van der Waals surface area contributed by atoms with Gasteiger partial charge in [-0.1, -0.05) is 23.7 Å². The minimum atomic E-state index is -3.26. The van der Waals surface area contributed by atoms with E-state index in [0.29, 0.717) is 17.5 Å². The molecule has 0 amide bonds. The highest BCUT2D eigenvalue weighted by molar-refractivity contribution is 6.30. The molecule has 8 heteroatoms. The summed E-state index contributed by atoms with van der Waals surface area (Å²) in [5, 5.41) is 19.0. The summed E-state index contributed by atoms with van der Waals surface area (Å²) in [6.07, 6.45) is 0.0815. The number of imidazole rings is 1. The maximum absolute atomic E-state index is 14.1. The zero-order chi connectivity index (χ0) is 19.1. The van der Waals surface area contributed by atoms with Crippen molar-refractivity contribution in [1.29, 1.82) is 5.26 Å². The number of rotatable bonds is 4. The number of alkyl halides is 2. The number of nitrogens with zero attached hydrogens (tertiary/aromatic N) is 3. The van der Waals surface area contributed by atoms with Crippen molar-refractivity contribution in [2.24, 2.45) is 0 Å². The van der Waals surface area contributed by atoms with Gasteiger partial charge >= 0.3 is 5.97 Å². The molecule has 0 aliphatic heterocycles. The Bertz CT molecular complexity index is 1050. The van der Waals surface area contributed by atoms with Gasteiger partial charge in [0.1, 0.15) is 23.1 Å². The summed E-state index contributed by atoms with van der Waals surface area (Å²) in [5.74, 6) is -4.53. The molecule has 0 unspecified atom stereocenters. The number of benzene rings is 1. The first-order chi connectivity index (χ1) is 12.2. The van der Waals surface area contributed by atoms with Crippen LogP contribution < -0.4 is 0 Å². The topological polar surface area (TPSA) is 78.4 Å². The van der Waals surface area contributed by atoms with Gasteiger partial charge in [0.05, 0.1) is 11.3 Å². The number of pyridine rings is 1. The van der Waals surface area contributed by atoms with Gasteiger partial charge in [0.25, 0.3) is 5.92 Å². The minimum absolute atomic E-state index is 0.0121. The van der Waals surface area contributed by atoms with Gasteiger partial charge in [0.2, 0.25) is 0 Å². The van der Waals surface area contributed by atoms with Gasteiger partial charge in [0.15, 0.2) is 0 Å². The highest BCUT2D eigenvalue weighted by atomic mass is 35.5. The minimum Gasteiger partial charge on any atom is -0.478 e. The molecule has 26 heavy (non-hydrogen) atoms. The molecule has 3 rings (SSSR count). The van der Waals surface area contributed by atoms with Crippen LogP contribution in [0.4, 0.5) is 8.78 Å². The van der Waals surface area contributed by atoms with E-state index in [1.165, 1.54) is 10.5 Å². The van der Waals surface area contributed by atoms with Crippen molar-refractivity contribution in [3.63, 3.8) is 0 Å². The number of fused-ring (bicyclic) bond motifs is 1. The highest BCUT2D eigenvalue weighted by Gasteiger charge is 2.33. The third-order valence-corrected chi connectivity index (χ3v) is 4.13. The first kappa shape index (κ1) is 17.8. The molecule has 0 fully saturated rings. The average Bonchev–Trinajstić information content (AvgIpc) is 2.95. The van der Waals surface area contributed by atoms with E-state index in [2.05, 4.69) is 4.98 Å². The van der Waals surface area contributed by atoms with Crippen LogP contribution in [0.5, 0.6) is 0 Å². The Morgan fingerprint density at radius 1 is 1.35 bits per heavy atom. The van der Waals surface area contributed by atoms with Gasteiger partial charge in [-0.2, -0.15) is 14.0 Å². The van der Waals surface area contributed by atoms with Crippen LogP contribution in [0.3, 0.4) is 0 Å². The Morgan fingerprint density at radius 3 is 2.54 bits per heavy atom. The lowest BCUT2D eigenvalue weighted by molar-refractivity contribution is 0.0124. The van der Waals surface area contributed by atoms with Gasteiger partial charge < -0.3 is 5.11 Å². The van der Waals surface area contributed by atoms with Gasteiger partial charge in [-0.05, 0) is 29.8 Å². The molecule has 0 atom stereocenters. The number of carboxylic acids is 1. The van der Waals surface area contributed by atoms with E-state index in [1.807, 2.05) is 6.07 Å². The molecular formula is C18H12ClF2N3O2. The van der Waals surface area contributed by atoms with E-state index in [1.54, 1.807) is 24.3 Å². The van der Waals surface area contributed by atoms with Crippen molar-refractivity contribution in [2.75, 3.05) is 0 Å². The number of aromatic nitrogens is 2. The maximum atomic E-state index is 14.1. The summed E-state index contributed by atoms with van der Waals surface area (Å²) >= 11 is 5.85. The second-order valence-corrected chi connectivity index (χ2v) is 6.27. The smallest absolute Gasteiger partial charge is 0.335 e. The molecule has 1 N–H and O–H groups in total. The van der Waals surface area contributed by atoms with E-state index in [-0.39, 0.29) is 29.0 Å². The molecule has 132 valence electrons. The Labute approximate surface area is 152 Å². The Morgan fingerprint density at radius 2 is 2.00 bits per heavy atom. The SMILES string of the molecule is CC(F)(F)c1nc2cc(C(=O)O)cc(C#N)n2c1Cc1ccc(Cl)cc1. The van der Waals surface area contributed by atoms with Gasteiger partial charge in [-0.3, -0.25) is 4.40 Å². The van der Waals surface area contributed by atoms with Crippen LogP contribution in [0, 0.1) is 11.3 Å². The van der Waals surface area contributed by atoms with Crippen molar-refractivity contribution >= 4 is 23.2 Å². The molecule has 5 nitrogen and oxygen atoms in total. The average molecular weight is 376 g/mol. The predicted molar refractivity (Wildman–Crippen MR) is 90.7 cm³/mol. The van der Waals surface area contributed by atoms with Crippen LogP contribution in [0.2, 0.25) is 5.02 Å². The normalized spacial score (nSPS) is 11.5. The molecule has 0 bridgehead atoms. The number of carbonyl (C=O) groups is 1. The number of carboxylic acid groups (broad SMARTS) is 1. The number of hydrogen-bond donors (Lipinski definition) is 1. The fraction of sp³-hybridized carbons (Fsp3) is 0.167. The first-order valence-corrected chi connectivity index (χ1v) is 7.90. The lowest BCUT2D eigenvalue weighted by atomic mass is 10.1. The zero-order valence-corrected chi connectivity index (χ0v) is 14.3. The largest absolute Gasteiger partial charge is 0.478 e. The van der Waals surface area contributed by atoms with E-state index in [4.69, 9.17) is 16.7 Å². The van der Waals surface area contributed by atoms with Crippen molar-refractivity contribution < 1.29 is 18.7 Å². The molecule has 2 aromatic heterocycles. The van der Waals surface area contributed by atoms with Crippen molar-refractivity contribution in [2.45, 2.75) is 19.3 Å². The molecule has 0 aliphatic carbocycles. The van der Waals surface area contributed by atoms with Crippen molar-refractivity contribution in [3.05, 3.63) is 69.6 Å². The van der Waals surface area contributed by atoms with E-state index in [0.717, 1.165) is 6.07 Å². The van der Waals surface area contributed by atoms with Gasteiger partial charge in [0, 0.05) is 18.4 Å². The summed E-state index contributed by atoms with van der Waals surface area (Å²) < 4.78 is 29.5. The molecule has 0 aliphatic rings. The lowest BCUT2D eigenvalue weighted by Gasteiger charge is -2.11. The van der Waals surface area contributed by atoms with Gasteiger partial charge in [-0.15, -0.1) is 0 Å². The molecule has 1 aromatic carbocycles. The molecule has 3 aromatic rings. The summed E-state index contributed by atoms with van der Waals surface area (Å²) in [7, 11) is 0. The Hall–Kier alpha value is -2.98. The standard InChI is InChI=1S/C18H12ClF2N3O2/c1-18(20,21)16-14(6-10-2-4-12(19)5-3-10)24-13(9-22)7-11(17(25)26)8-15(24)23-16/h2-5,7-8H,6H2,1H3,(H,25,26). The van der Waals surface area contributed by atoms with Crippen LogP contribution in [-0.2, 0) is 12.3 Å². The fourth-order valence-corrected chi connectivity index (χ4v) is 2.87. The van der Waals surface area contributed by atoms with Crippen LogP contribution in [0.15, 0.2) is 36.4 Å². The van der Waals surface area contributed by atoms with E-state index >= 15 is 0 Å². The summed E-state index contributed by atoms with van der Waals surface area (Å²) in [6.45, 7) is 0.713. The third kappa shape index (κ3) is 3.24. The van der Waals surface area contributed by atoms with Crippen LogP contribution in [0.25, 0.3) is 5.65 Å². The summed E-state index contributed by atoms with van der Waals surface area (Å²) in [6, 6.07) is 10.8. The molecular weight excluding hydrogens is 364 g/mol. The Kier molecular flexibility index (Phi) is 4.38. The van der Waals surface area contributed by atoms with E-state index in [9.17, 15) is 18.8 Å². The number of nitriles is 1. The highest BCUT2D eigenvalue weighted by Crippen LogP contribution is 2.32. The number of aromatic carboxylic acids is 1. The number of halogens is 3. The Balaban J connectivity index is 2.29. The second-order valence-electron chi connectivity index (χ2n) is 5.84. The van der Waals surface area contributed by atoms with Crippen molar-refractivity contribution in [3.8, 4) is 6.07 Å². The van der Waals surface area contributed by atoms with E-state index < -0.39 is 17.6 Å². The molecule has 0 saturated carbocycles. The quantitative estimate of drug-likeness (QED) is 0.739. The third-order valence-electron chi connectivity index (χ3n) is 3.88. The van der Waals surface area contributed by atoms with Crippen LogP contribution in [0.1, 0.15) is 39.9 Å². The molecule has 2 heterocycles. The predicted octanol–water partition coefficient (Wildman–Crippen LogP) is 4.26. The van der Waals surface area contributed by atoms with Crippen LogP contribution in [-0.4, -0.2) is 20.5 Å². The second kappa shape index (κ2) is 6.39. The molecule has 0 saturated heterocycles. The monoisotopic (exact) mass is 375 g/mol. The van der Waals surface area contributed by atoms with Crippen molar-refractivity contribution in [1.82, 2.24) is 9.38 Å². The maximum Gasteiger partial charge on any atom is 0.335 e. The lowest BCUT2D eigenvalue weighted by Crippen LogP contribution is -2.12. The molecule has 0 spiro atoms. The fourth-order valence-electron chi connectivity index (χ4n) is 2.75.